The Labute approximate surface area is 129 Å². The van der Waals surface area contributed by atoms with Crippen molar-refractivity contribution in [2.24, 2.45) is 0 Å². The van der Waals surface area contributed by atoms with Crippen molar-refractivity contribution in [3.8, 4) is 0 Å². The lowest BCUT2D eigenvalue weighted by Gasteiger charge is -2.29. The number of hydrogen-bond donors (Lipinski definition) is 1. The molecule has 0 spiro atoms. The minimum Gasteiger partial charge on any atom is -0.390 e. The second kappa shape index (κ2) is 4.69. The first kappa shape index (κ1) is 14.8. The van der Waals surface area contributed by atoms with E-state index in [0.29, 0.717) is 36.9 Å². The summed E-state index contributed by atoms with van der Waals surface area (Å²) in [6.07, 6.45) is 0. The number of amides is 1. The Kier molecular flexibility index (Phi) is 3.31. The van der Waals surface area contributed by atoms with Gasteiger partial charge in [0.1, 0.15) is 0 Å². The fraction of sp³-hybridized carbons (Fsp3) is 0.667. The van der Waals surface area contributed by atoms with Crippen LogP contribution in [0.5, 0.6) is 0 Å². The number of nitrogen functional groups attached to an aromatic ring is 1. The number of hydrogen-bond acceptors (Lipinski definition) is 5. The quantitative estimate of drug-likeness (QED) is 0.864. The van der Waals surface area contributed by atoms with Crippen LogP contribution >= 0.6 is 11.3 Å². The number of nitrogens with two attached hydrogens (primary N) is 1. The molecular formula is C15H22N2O3S. The molecule has 5 nitrogen and oxygen atoms in total. The van der Waals surface area contributed by atoms with Crippen molar-refractivity contribution in [3.63, 3.8) is 0 Å². The van der Waals surface area contributed by atoms with E-state index in [-0.39, 0.29) is 5.91 Å². The van der Waals surface area contributed by atoms with Crippen LogP contribution in [0.25, 0.3) is 0 Å². The Hall–Kier alpha value is -1.11. The molecular weight excluding hydrogens is 288 g/mol. The number of carbonyl (C=O) groups excluding carboxylic acids is 1. The summed E-state index contributed by atoms with van der Waals surface area (Å²) in [7, 11) is 0. The van der Waals surface area contributed by atoms with E-state index in [1.807, 2.05) is 32.6 Å². The molecule has 1 fully saturated rings. The van der Waals surface area contributed by atoms with Gasteiger partial charge in [0.2, 0.25) is 0 Å². The summed E-state index contributed by atoms with van der Waals surface area (Å²) in [6.45, 7) is 10.5. The molecule has 0 radical (unpaired) electrons. The highest BCUT2D eigenvalue weighted by molar-refractivity contribution is 7.16. The second-order valence-electron chi connectivity index (χ2n) is 6.57. The molecule has 3 heterocycles. The van der Waals surface area contributed by atoms with Crippen LogP contribution in [0.4, 0.5) is 5.00 Å². The number of nitrogens with zero attached hydrogens (tertiary/aromatic N) is 1. The van der Waals surface area contributed by atoms with Gasteiger partial charge < -0.3 is 20.1 Å². The number of rotatable bonds is 1. The van der Waals surface area contributed by atoms with Crippen LogP contribution in [0.1, 0.15) is 48.5 Å². The number of anilines is 1. The molecule has 1 aromatic heterocycles. The van der Waals surface area contributed by atoms with Crippen molar-refractivity contribution >= 4 is 22.2 Å². The molecule has 3 rings (SSSR count). The third-order valence-corrected chi connectivity index (χ3v) is 5.43. The Morgan fingerprint density at radius 3 is 2.43 bits per heavy atom. The predicted molar refractivity (Wildman–Crippen MR) is 82.6 cm³/mol. The third-order valence-electron chi connectivity index (χ3n) is 4.11. The van der Waals surface area contributed by atoms with E-state index < -0.39 is 11.2 Å². The Morgan fingerprint density at radius 1 is 1.19 bits per heavy atom. The third kappa shape index (κ3) is 2.25. The first-order valence-corrected chi connectivity index (χ1v) is 8.06. The molecule has 0 bridgehead atoms. The molecule has 2 aliphatic rings. The van der Waals surface area contributed by atoms with Gasteiger partial charge in [0.05, 0.1) is 35.0 Å². The van der Waals surface area contributed by atoms with E-state index in [4.69, 9.17) is 15.2 Å². The van der Waals surface area contributed by atoms with Gasteiger partial charge in [0.15, 0.2) is 0 Å². The highest BCUT2D eigenvalue weighted by Crippen LogP contribution is 2.53. The number of carbonyl (C=O) groups is 1. The highest BCUT2D eigenvalue weighted by atomic mass is 32.1. The maximum Gasteiger partial charge on any atom is 0.257 e. The first-order chi connectivity index (χ1) is 9.74. The Morgan fingerprint density at radius 2 is 1.81 bits per heavy atom. The molecule has 21 heavy (non-hydrogen) atoms. The van der Waals surface area contributed by atoms with Crippen LogP contribution in [0.2, 0.25) is 0 Å². The lowest BCUT2D eigenvalue weighted by molar-refractivity contribution is -0.104. The van der Waals surface area contributed by atoms with E-state index >= 15 is 0 Å². The zero-order chi connectivity index (χ0) is 15.4. The number of thiophene rings is 1. The summed E-state index contributed by atoms with van der Waals surface area (Å²) >= 11 is 1.48. The maximum absolute atomic E-state index is 12.9. The molecule has 0 saturated carbocycles. The van der Waals surface area contributed by atoms with Crippen molar-refractivity contribution in [2.45, 2.75) is 38.9 Å². The van der Waals surface area contributed by atoms with E-state index in [1.54, 1.807) is 0 Å². The van der Waals surface area contributed by atoms with Crippen LogP contribution in [-0.2, 0) is 20.7 Å². The number of fused-ring (bicyclic) bond motifs is 1. The average Bonchev–Trinajstić information content (AvgIpc) is 2.84. The van der Waals surface area contributed by atoms with Crippen LogP contribution in [0.15, 0.2) is 0 Å². The standard InChI is InChI=1S/C15H22N2O3S/c1-14(2)10-9(13(18)17-5-7-19-8-6-17)12(16)21-11(10)15(3,4)20-14/h5-8,16H2,1-4H3. The van der Waals surface area contributed by atoms with Crippen molar-refractivity contribution < 1.29 is 14.3 Å². The molecule has 6 heteroatoms. The van der Waals surface area contributed by atoms with Gasteiger partial charge in [-0.15, -0.1) is 11.3 Å². The van der Waals surface area contributed by atoms with Crippen molar-refractivity contribution in [2.75, 3.05) is 32.0 Å². The van der Waals surface area contributed by atoms with Gasteiger partial charge in [-0.25, -0.2) is 0 Å². The molecule has 0 unspecified atom stereocenters. The van der Waals surface area contributed by atoms with Gasteiger partial charge in [-0.05, 0) is 27.7 Å². The van der Waals surface area contributed by atoms with Crippen LogP contribution in [0, 0.1) is 0 Å². The SMILES string of the molecule is CC1(C)OC(C)(C)c2c1sc(N)c2C(=O)N1CCOCC1. The smallest absolute Gasteiger partial charge is 0.257 e. The van der Waals surface area contributed by atoms with E-state index in [1.165, 1.54) is 11.3 Å². The van der Waals surface area contributed by atoms with Crippen molar-refractivity contribution in [1.29, 1.82) is 0 Å². The van der Waals surface area contributed by atoms with Gasteiger partial charge in [-0.1, -0.05) is 0 Å². The normalized spacial score (nSPS) is 23.1. The maximum atomic E-state index is 12.9. The predicted octanol–water partition coefficient (Wildman–Crippen LogP) is 2.30. The molecule has 1 aromatic rings. The molecule has 2 aliphatic heterocycles. The fourth-order valence-corrected chi connectivity index (χ4v) is 4.57. The van der Waals surface area contributed by atoms with Gasteiger partial charge in [0.25, 0.3) is 5.91 Å². The Bertz CT molecular complexity index is 586. The molecule has 0 atom stereocenters. The minimum atomic E-state index is -0.496. The molecule has 1 amide bonds. The minimum absolute atomic E-state index is 0.00248. The number of morpholine rings is 1. The van der Waals surface area contributed by atoms with Crippen molar-refractivity contribution in [1.82, 2.24) is 4.90 Å². The van der Waals surface area contributed by atoms with Crippen molar-refractivity contribution in [3.05, 3.63) is 16.0 Å². The summed E-state index contributed by atoms with van der Waals surface area (Å²) in [6, 6.07) is 0. The van der Waals surface area contributed by atoms with E-state index in [9.17, 15) is 4.79 Å². The van der Waals surface area contributed by atoms with Crippen LogP contribution in [0.3, 0.4) is 0 Å². The average molecular weight is 310 g/mol. The van der Waals surface area contributed by atoms with Gasteiger partial charge in [0, 0.05) is 23.5 Å². The second-order valence-corrected chi connectivity index (χ2v) is 7.62. The first-order valence-electron chi connectivity index (χ1n) is 7.24. The monoisotopic (exact) mass is 310 g/mol. The largest absolute Gasteiger partial charge is 0.390 e. The molecule has 2 N–H and O–H groups in total. The topological polar surface area (TPSA) is 64.8 Å². The van der Waals surface area contributed by atoms with Gasteiger partial charge in [-0.3, -0.25) is 4.79 Å². The Balaban J connectivity index is 2.06. The number of ether oxygens (including phenoxy) is 2. The zero-order valence-corrected chi connectivity index (χ0v) is 13.8. The lowest BCUT2D eigenvalue weighted by atomic mass is 9.93. The van der Waals surface area contributed by atoms with Crippen LogP contribution < -0.4 is 5.73 Å². The summed E-state index contributed by atoms with van der Waals surface area (Å²) in [5.74, 6) is 0.00248. The summed E-state index contributed by atoms with van der Waals surface area (Å²) in [4.78, 5) is 15.8. The lowest BCUT2D eigenvalue weighted by Crippen LogP contribution is -2.41. The van der Waals surface area contributed by atoms with E-state index in [0.717, 1.165) is 10.4 Å². The zero-order valence-electron chi connectivity index (χ0n) is 13.0. The molecule has 0 aliphatic carbocycles. The highest BCUT2D eigenvalue weighted by Gasteiger charge is 2.48. The fourth-order valence-electron chi connectivity index (χ4n) is 3.32. The summed E-state index contributed by atoms with van der Waals surface area (Å²) < 4.78 is 11.5. The summed E-state index contributed by atoms with van der Waals surface area (Å²) in [5.41, 5.74) is 6.88. The molecule has 0 aromatic carbocycles. The van der Waals surface area contributed by atoms with Gasteiger partial charge >= 0.3 is 0 Å². The van der Waals surface area contributed by atoms with E-state index in [2.05, 4.69) is 0 Å². The summed E-state index contributed by atoms with van der Waals surface area (Å²) in [5, 5.41) is 0.598. The molecule has 116 valence electrons. The van der Waals surface area contributed by atoms with Gasteiger partial charge in [-0.2, -0.15) is 0 Å². The van der Waals surface area contributed by atoms with Crippen LogP contribution in [-0.4, -0.2) is 37.1 Å². The molecule has 1 saturated heterocycles.